The van der Waals surface area contributed by atoms with Crippen molar-refractivity contribution in [2.45, 2.75) is 57.0 Å². The lowest BCUT2D eigenvalue weighted by Gasteiger charge is -2.21. The Balaban J connectivity index is 2.36. The summed E-state index contributed by atoms with van der Waals surface area (Å²) in [5, 5.41) is 12.3. The molecule has 1 rings (SSSR count). The normalized spacial score (nSPS) is 20.3. The highest BCUT2D eigenvalue weighted by molar-refractivity contribution is 5.73. The maximum absolute atomic E-state index is 11.0. The second-order valence-electron chi connectivity index (χ2n) is 4.53. The number of nitrogens with one attached hydrogen (secondary N) is 1. The van der Waals surface area contributed by atoms with Crippen LogP contribution in [0.1, 0.15) is 44.9 Å². The fraction of sp³-hybridized carbons (Fsp3) is 0.917. The molecular weight excluding hydrogens is 206 g/mol. The predicted octanol–water partition coefficient (Wildman–Crippen LogP) is 1.79. The minimum absolute atomic E-state index is 0.375. The SMILES string of the molecule is COCCC(NC1CCCCCC1)C(=O)O. The molecule has 1 saturated carbocycles. The van der Waals surface area contributed by atoms with Gasteiger partial charge in [-0.3, -0.25) is 4.79 Å². The summed E-state index contributed by atoms with van der Waals surface area (Å²) >= 11 is 0. The van der Waals surface area contributed by atoms with Gasteiger partial charge < -0.3 is 15.2 Å². The Morgan fingerprint density at radius 1 is 1.38 bits per heavy atom. The highest BCUT2D eigenvalue weighted by Crippen LogP contribution is 2.18. The van der Waals surface area contributed by atoms with E-state index in [1.54, 1.807) is 7.11 Å². The van der Waals surface area contributed by atoms with Gasteiger partial charge in [0.2, 0.25) is 0 Å². The number of hydrogen-bond donors (Lipinski definition) is 2. The molecule has 94 valence electrons. The molecule has 0 aromatic carbocycles. The van der Waals surface area contributed by atoms with Gasteiger partial charge in [-0.05, 0) is 19.3 Å². The molecule has 1 aliphatic carbocycles. The first-order valence-electron chi connectivity index (χ1n) is 6.22. The van der Waals surface area contributed by atoms with Crippen molar-refractivity contribution in [1.29, 1.82) is 0 Å². The molecule has 0 amide bonds. The van der Waals surface area contributed by atoms with Gasteiger partial charge in [-0.15, -0.1) is 0 Å². The molecule has 0 aromatic rings. The van der Waals surface area contributed by atoms with Crippen LogP contribution in [0.25, 0.3) is 0 Å². The molecule has 0 spiro atoms. The number of rotatable bonds is 6. The van der Waals surface area contributed by atoms with E-state index in [0.717, 1.165) is 12.8 Å². The van der Waals surface area contributed by atoms with E-state index >= 15 is 0 Å². The summed E-state index contributed by atoms with van der Waals surface area (Å²) < 4.78 is 4.93. The van der Waals surface area contributed by atoms with Crippen LogP contribution in [0, 0.1) is 0 Å². The third-order valence-electron chi connectivity index (χ3n) is 3.20. The van der Waals surface area contributed by atoms with E-state index in [-0.39, 0.29) is 0 Å². The first-order chi connectivity index (χ1) is 7.74. The van der Waals surface area contributed by atoms with Crippen molar-refractivity contribution in [1.82, 2.24) is 5.32 Å². The van der Waals surface area contributed by atoms with Crippen LogP contribution >= 0.6 is 0 Å². The highest BCUT2D eigenvalue weighted by Gasteiger charge is 2.21. The van der Waals surface area contributed by atoms with Gasteiger partial charge in [0.25, 0.3) is 0 Å². The smallest absolute Gasteiger partial charge is 0.320 e. The molecule has 0 aromatic heterocycles. The third-order valence-corrected chi connectivity index (χ3v) is 3.20. The first kappa shape index (κ1) is 13.5. The highest BCUT2D eigenvalue weighted by atomic mass is 16.5. The van der Waals surface area contributed by atoms with Crippen LogP contribution in [-0.4, -0.2) is 36.9 Å². The average molecular weight is 229 g/mol. The average Bonchev–Trinajstić information content (AvgIpc) is 2.52. The van der Waals surface area contributed by atoms with Crippen molar-refractivity contribution >= 4 is 5.97 Å². The van der Waals surface area contributed by atoms with Gasteiger partial charge in [0, 0.05) is 19.8 Å². The summed E-state index contributed by atoms with van der Waals surface area (Å²) in [6.45, 7) is 0.497. The second-order valence-corrected chi connectivity index (χ2v) is 4.53. The maximum Gasteiger partial charge on any atom is 0.320 e. The van der Waals surface area contributed by atoms with Gasteiger partial charge in [0.1, 0.15) is 6.04 Å². The lowest BCUT2D eigenvalue weighted by Crippen LogP contribution is -2.43. The quantitative estimate of drug-likeness (QED) is 0.682. The summed E-state index contributed by atoms with van der Waals surface area (Å²) in [6.07, 6.45) is 7.76. The van der Waals surface area contributed by atoms with Crippen LogP contribution in [0.2, 0.25) is 0 Å². The molecule has 1 fully saturated rings. The summed E-state index contributed by atoms with van der Waals surface area (Å²) in [7, 11) is 1.60. The maximum atomic E-state index is 11.0. The largest absolute Gasteiger partial charge is 0.480 e. The zero-order chi connectivity index (χ0) is 11.8. The Labute approximate surface area is 97.4 Å². The molecule has 0 heterocycles. The number of carbonyl (C=O) groups is 1. The molecule has 0 saturated heterocycles. The van der Waals surface area contributed by atoms with Crippen molar-refractivity contribution in [3.8, 4) is 0 Å². The molecule has 0 aliphatic heterocycles. The summed E-state index contributed by atoms with van der Waals surface area (Å²) in [5.74, 6) is -0.763. The Morgan fingerprint density at radius 3 is 2.50 bits per heavy atom. The van der Waals surface area contributed by atoms with E-state index in [9.17, 15) is 4.79 Å². The van der Waals surface area contributed by atoms with Gasteiger partial charge in [-0.25, -0.2) is 0 Å². The van der Waals surface area contributed by atoms with Crippen molar-refractivity contribution < 1.29 is 14.6 Å². The van der Waals surface area contributed by atoms with E-state index in [2.05, 4.69) is 5.32 Å². The Morgan fingerprint density at radius 2 is 2.00 bits per heavy atom. The van der Waals surface area contributed by atoms with Gasteiger partial charge in [0.05, 0.1) is 0 Å². The zero-order valence-corrected chi connectivity index (χ0v) is 10.1. The molecule has 16 heavy (non-hydrogen) atoms. The van der Waals surface area contributed by atoms with E-state index in [0.29, 0.717) is 19.1 Å². The number of methoxy groups -OCH3 is 1. The molecule has 2 N–H and O–H groups in total. The third kappa shape index (κ3) is 4.94. The number of ether oxygens (including phenoxy) is 1. The fourth-order valence-corrected chi connectivity index (χ4v) is 2.24. The van der Waals surface area contributed by atoms with Crippen LogP contribution in [0.4, 0.5) is 0 Å². The molecule has 4 nitrogen and oxygen atoms in total. The molecule has 4 heteroatoms. The van der Waals surface area contributed by atoms with Crippen molar-refractivity contribution in [3.63, 3.8) is 0 Å². The first-order valence-corrected chi connectivity index (χ1v) is 6.22. The standard InChI is InChI=1S/C12H23NO3/c1-16-9-8-11(12(14)15)13-10-6-4-2-3-5-7-10/h10-11,13H,2-9H2,1H3,(H,14,15). The van der Waals surface area contributed by atoms with Crippen LogP contribution in [0.15, 0.2) is 0 Å². The summed E-state index contributed by atoms with van der Waals surface area (Å²) in [4.78, 5) is 11.0. The van der Waals surface area contributed by atoms with Gasteiger partial charge in [0.15, 0.2) is 0 Å². The fourth-order valence-electron chi connectivity index (χ4n) is 2.24. The molecule has 1 aliphatic rings. The molecule has 0 bridgehead atoms. The topological polar surface area (TPSA) is 58.6 Å². The van der Waals surface area contributed by atoms with Gasteiger partial charge in [-0.2, -0.15) is 0 Å². The Bertz CT molecular complexity index is 200. The van der Waals surface area contributed by atoms with Gasteiger partial charge in [-0.1, -0.05) is 25.7 Å². The number of carboxylic acids is 1. The molecule has 0 radical (unpaired) electrons. The van der Waals surface area contributed by atoms with E-state index in [1.165, 1.54) is 25.7 Å². The van der Waals surface area contributed by atoms with Crippen molar-refractivity contribution in [2.24, 2.45) is 0 Å². The minimum Gasteiger partial charge on any atom is -0.480 e. The number of carboxylic acid groups (broad SMARTS) is 1. The summed E-state index contributed by atoms with van der Waals surface area (Å²) in [6, 6.07) is -0.0801. The lowest BCUT2D eigenvalue weighted by molar-refractivity contribution is -0.140. The lowest BCUT2D eigenvalue weighted by atomic mass is 10.1. The van der Waals surface area contributed by atoms with E-state index in [1.807, 2.05) is 0 Å². The van der Waals surface area contributed by atoms with Crippen LogP contribution in [0.3, 0.4) is 0 Å². The number of aliphatic carboxylic acids is 1. The van der Waals surface area contributed by atoms with E-state index < -0.39 is 12.0 Å². The van der Waals surface area contributed by atoms with E-state index in [4.69, 9.17) is 9.84 Å². The van der Waals surface area contributed by atoms with Crippen LogP contribution in [-0.2, 0) is 9.53 Å². The minimum atomic E-state index is -0.763. The zero-order valence-electron chi connectivity index (χ0n) is 10.1. The number of hydrogen-bond acceptors (Lipinski definition) is 3. The Hall–Kier alpha value is -0.610. The van der Waals surface area contributed by atoms with Crippen LogP contribution < -0.4 is 5.32 Å². The van der Waals surface area contributed by atoms with Crippen molar-refractivity contribution in [2.75, 3.05) is 13.7 Å². The van der Waals surface area contributed by atoms with Gasteiger partial charge >= 0.3 is 5.97 Å². The molecule has 1 unspecified atom stereocenters. The molecule has 1 atom stereocenters. The Kier molecular flexibility index (Phi) is 6.42. The molecular formula is C12H23NO3. The predicted molar refractivity (Wildman–Crippen MR) is 62.5 cm³/mol. The second kappa shape index (κ2) is 7.63. The monoisotopic (exact) mass is 229 g/mol. The van der Waals surface area contributed by atoms with Crippen LogP contribution in [0.5, 0.6) is 0 Å². The summed E-state index contributed by atoms with van der Waals surface area (Å²) in [5.41, 5.74) is 0. The van der Waals surface area contributed by atoms with Crippen molar-refractivity contribution in [3.05, 3.63) is 0 Å².